The summed E-state index contributed by atoms with van der Waals surface area (Å²) < 4.78 is 0. The predicted molar refractivity (Wildman–Crippen MR) is 103 cm³/mol. The lowest BCUT2D eigenvalue weighted by molar-refractivity contribution is 0.0699. The molecule has 25 heavy (non-hydrogen) atoms. The molecule has 0 spiro atoms. The van der Waals surface area contributed by atoms with Gasteiger partial charge in [-0.15, -0.1) is 11.3 Å². The van der Waals surface area contributed by atoms with Gasteiger partial charge in [-0.05, 0) is 24.6 Å². The number of benzene rings is 1. The van der Waals surface area contributed by atoms with Crippen molar-refractivity contribution in [2.45, 2.75) is 6.92 Å². The van der Waals surface area contributed by atoms with Crippen LogP contribution < -0.4 is 5.32 Å². The molecule has 2 heterocycles. The number of aromatic carboxylic acids is 1. The van der Waals surface area contributed by atoms with Gasteiger partial charge in [0.1, 0.15) is 10.6 Å². The third-order valence-electron chi connectivity index (χ3n) is 3.67. The number of hydrogen-bond donors (Lipinski definition) is 2. The van der Waals surface area contributed by atoms with Crippen molar-refractivity contribution in [2.75, 3.05) is 5.32 Å². The Hall–Kier alpha value is -2.63. The van der Waals surface area contributed by atoms with E-state index in [0.29, 0.717) is 27.0 Å². The molecule has 0 fully saturated rings. The first-order valence-corrected chi connectivity index (χ1v) is 8.71. The maximum Gasteiger partial charge on any atom is 0.339 e. The molecule has 0 unspecified atom stereocenters. The van der Waals surface area contributed by atoms with E-state index < -0.39 is 5.97 Å². The fourth-order valence-electron chi connectivity index (χ4n) is 2.35. The highest BCUT2D eigenvalue weighted by molar-refractivity contribution is 7.15. The average Bonchev–Trinajstić information content (AvgIpc) is 3.00. The van der Waals surface area contributed by atoms with E-state index in [-0.39, 0.29) is 5.56 Å². The average molecular weight is 371 g/mol. The molecule has 0 amide bonds. The number of hydrogen-bond acceptors (Lipinski definition) is 4. The molecule has 0 aliphatic heterocycles. The van der Waals surface area contributed by atoms with Crippen molar-refractivity contribution in [3.63, 3.8) is 0 Å². The van der Waals surface area contributed by atoms with Crippen LogP contribution in [0.1, 0.15) is 21.5 Å². The number of aryl methyl sites for hydroxylation is 1. The Labute approximate surface area is 154 Å². The number of nitrogens with one attached hydrogen (secondary N) is 1. The van der Waals surface area contributed by atoms with Crippen molar-refractivity contribution >= 4 is 39.6 Å². The van der Waals surface area contributed by atoms with Gasteiger partial charge in [0, 0.05) is 22.8 Å². The standard InChI is InChI=1S/C19H15ClN2O2S/c1-11-3-5-13(6-4-11)12(2)22-18-17(19(23)24)15(10-25-18)16-8-7-14(20)9-21-16/h3-10,22H,2H2,1H3,(H,23,24). The number of anilines is 1. The van der Waals surface area contributed by atoms with Crippen LogP contribution in [0.25, 0.3) is 17.0 Å². The van der Waals surface area contributed by atoms with Gasteiger partial charge in [0.05, 0.1) is 10.7 Å². The fraction of sp³-hybridized carbons (Fsp3) is 0.0526. The molecule has 0 saturated carbocycles. The van der Waals surface area contributed by atoms with Crippen LogP contribution in [0.15, 0.2) is 54.6 Å². The van der Waals surface area contributed by atoms with Gasteiger partial charge in [-0.3, -0.25) is 4.98 Å². The second-order valence-corrected chi connectivity index (χ2v) is 6.81. The van der Waals surface area contributed by atoms with E-state index in [2.05, 4.69) is 16.9 Å². The second-order valence-electron chi connectivity index (χ2n) is 5.49. The van der Waals surface area contributed by atoms with E-state index in [0.717, 1.165) is 11.1 Å². The highest BCUT2D eigenvalue weighted by Gasteiger charge is 2.21. The SMILES string of the molecule is C=C(Nc1scc(-c2ccc(Cl)cn2)c1C(=O)O)c1ccc(C)cc1. The lowest BCUT2D eigenvalue weighted by atomic mass is 10.1. The number of halogens is 1. The molecule has 126 valence electrons. The zero-order chi connectivity index (χ0) is 18.0. The van der Waals surface area contributed by atoms with Crippen LogP contribution in [0.5, 0.6) is 0 Å². The lowest BCUT2D eigenvalue weighted by Gasteiger charge is -2.10. The van der Waals surface area contributed by atoms with Crippen LogP contribution in [0.3, 0.4) is 0 Å². The van der Waals surface area contributed by atoms with E-state index in [1.54, 1.807) is 17.5 Å². The van der Waals surface area contributed by atoms with Gasteiger partial charge in [0.2, 0.25) is 0 Å². The molecule has 3 aromatic rings. The number of pyridine rings is 1. The second kappa shape index (κ2) is 7.09. The monoisotopic (exact) mass is 370 g/mol. The van der Waals surface area contributed by atoms with Gasteiger partial charge >= 0.3 is 5.97 Å². The van der Waals surface area contributed by atoms with Crippen LogP contribution in [0.4, 0.5) is 5.00 Å². The molecule has 2 aromatic heterocycles. The van der Waals surface area contributed by atoms with Crippen molar-refractivity contribution in [2.24, 2.45) is 0 Å². The summed E-state index contributed by atoms with van der Waals surface area (Å²) in [6.07, 6.45) is 1.50. The third-order valence-corrected chi connectivity index (χ3v) is 4.79. The van der Waals surface area contributed by atoms with Crippen LogP contribution in [-0.2, 0) is 0 Å². The summed E-state index contributed by atoms with van der Waals surface area (Å²) in [4.78, 5) is 16.0. The van der Waals surface area contributed by atoms with Gasteiger partial charge < -0.3 is 10.4 Å². The fourth-order valence-corrected chi connectivity index (χ4v) is 3.43. The molecule has 0 atom stereocenters. The molecule has 0 saturated heterocycles. The number of carboxylic acids is 1. The van der Waals surface area contributed by atoms with Gasteiger partial charge in [0.25, 0.3) is 0 Å². The van der Waals surface area contributed by atoms with Gasteiger partial charge in [-0.25, -0.2) is 4.79 Å². The van der Waals surface area contributed by atoms with Gasteiger partial charge in [-0.2, -0.15) is 0 Å². The van der Waals surface area contributed by atoms with E-state index in [9.17, 15) is 9.90 Å². The Morgan fingerprint density at radius 1 is 1.24 bits per heavy atom. The maximum atomic E-state index is 11.8. The molecule has 2 N–H and O–H groups in total. The highest BCUT2D eigenvalue weighted by atomic mass is 35.5. The summed E-state index contributed by atoms with van der Waals surface area (Å²) in [6, 6.07) is 11.2. The number of carbonyl (C=O) groups is 1. The van der Waals surface area contributed by atoms with Gasteiger partial charge in [0.15, 0.2) is 0 Å². The summed E-state index contributed by atoms with van der Waals surface area (Å²) in [5.74, 6) is -1.02. The van der Waals surface area contributed by atoms with Crippen molar-refractivity contribution < 1.29 is 9.90 Å². The van der Waals surface area contributed by atoms with Crippen molar-refractivity contribution in [3.05, 3.63) is 76.3 Å². The molecular weight excluding hydrogens is 356 g/mol. The molecule has 3 rings (SSSR count). The van der Waals surface area contributed by atoms with Crippen molar-refractivity contribution in [3.8, 4) is 11.3 Å². The summed E-state index contributed by atoms with van der Waals surface area (Å²) in [5, 5.41) is 15.6. The minimum atomic E-state index is -1.02. The first-order chi connectivity index (χ1) is 12.0. The number of nitrogens with zero attached hydrogens (tertiary/aromatic N) is 1. The topological polar surface area (TPSA) is 62.2 Å². The Bertz CT molecular complexity index is 931. The Morgan fingerprint density at radius 3 is 2.56 bits per heavy atom. The van der Waals surface area contributed by atoms with Crippen LogP contribution >= 0.6 is 22.9 Å². The summed E-state index contributed by atoms with van der Waals surface area (Å²) in [6.45, 7) is 6.02. The smallest absolute Gasteiger partial charge is 0.339 e. The minimum Gasteiger partial charge on any atom is -0.478 e. The molecule has 0 bridgehead atoms. The Balaban J connectivity index is 1.94. The molecular formula is C19H15ClN2O2S. The molecule has 0 radical (unpaired) electrons. The minimum absolute atomic E-state index is 0.174. The number of thiophene rings is 1. The predicted octanol–water partition coefficient (Wildman–Crippen LogP) is 5.55. The zero-order valence-electron chi connectivity index (χ0n) is 13.4. The summed E-state index contributed by atoms with van der Waals surface area (Å²) >= 11 is 7.16. The normalized spacial score (nSPS) is 10.5. The molecule has 6 heteroatoms. The van der Waals surface area contributed by atoms with Crippen LogP contribution in [-0.4, -0.2) is 16.1 Å². The summed E-state index contributed by atoms with van der Waals surface area (Å²) in [5.41, 5.74) is 3.98. The first-order valence-electron chi connectivity index (χ1n) is 7.45. The molecule has 0 aliphatic carbocycles. The molecule has 4 nitrogen and oxygen atoms in total. The number of aromatic nitrogens is 1. The van der Waals surface area contributed by atoms with Crippen molar-refractivity contribution in [1.82, 2.24) is 4.98 Å². The zero-order valence-corrected chi connectivity index (χ0v) is 15.0. The first kappa shape index (κ1) is 17.2. The maximum absolute atomic E-state index is 11.8. The van der Waals surface area contributed by atoms with Crippen molar-refractivity contribution in [1.29, 1.82) is 0 Å². The Morgan fingerprint density at radius 2 is 1.96 bits per heavy atom. The van der Waals surface area contributed by atoms with E-state index in [1.165, 1.54) is 17.5 Å². The lowest BCUT2D eigenvalue weighted by Crippen LogP contribution is -2.04. The third kappa shape index (κ3) is 3.73. The quantitative estimate of drug-likeness (QED) is 0.617. The van der Waals surface area contributed by atoms with Gasteiger partial charge in [-0.1, -0.05) is 48.0 Å². The highest BCUT2D eigenvalue weighted by Crippen LogP contribution is 2.36. The summed E-state index contributed by atoms with van der Waals surface area (Å²) in [7, 11) is 0. The molecule has 0 aliphatic rings. The number of carboxylic acid groups (broad SMARTS) is 1. The molecule has 1 aromatic carbocycles. The van der Waals surface area contributed by atoms with E-state index >= 15 is 0 Å². The van der Waals surface area contributed by atoms with Crippen LogP contribution in [0, 0.1) is 6.92 Å². The van der Waals surface area contributed by atoms with E-state index in [4.69, 9.17) is 11.6 Å². The largest absolute Gasteiger partial charge is 0.478 e. The Kier molecular flexibility index (Phi) is 4.88. The number of rotatable bonds is 5. The van der Waals surface area contributed by atoms with E-state index in [1.807, 2.05) is 31.2 Å². The van der Waals surface area contributed by atoms with Crippen LogP contribution in [0.2, 0.25) is 5.02 Å².